The SMILES string of the molecule is CC(C)c1cc(Cl)cc(C(C)C)c1COP(N)(=O)O. The van der Waals surface area contributed by atoms with Gasteiger partial charge in [0.25, 0.3) is 0 Å². The van der Waals surface area contributed by atoms with Gasteiger partial charge in [-0.15, -0.1) is 0 Å². The van der Waals surface area contributed by atoms with Crippen molar-refractivity contribution in [2.24, 2.45) is 5.50 Å². The van der Waals surface area contributed by atoms with E-state index in [1.165, 1.54) is 0 Å². The van der Waals surface area contributed by atoms with Crippen molar-refractivity contribution in [1.29, 1.82) is 0 Å². The molecule has 0 saturated carbocycles. The van der Waals surface area contributed by atoms with Crippen LogP contribution in [0.25, 0.3) is 0 Å². The van der Waals surface area contributed by atoms with Gasteiger partial charge in [0.1, 0.15) is 0 Å². The van der Waals surface area contributed by atoms with Crippen molar-refractivity contribution in [3.05, 3.63) is 33.8 Å². The molecule has 3 N–H and O–H groups in total. The molecule has 1 aromatic carbocycles. The second-order valence-electron chi connectivity index (χ2n) is 5.21. The van der Waals surface area contributed by atoms with Gasteiger partial charge in [-0.1, -0.05) is 39.3 Å². The zero-order valence-electron chi connectivity index (χ0n) is 11.7. The van der Waals surface area contributed by atoms with E-state index < -0.39 is 7.75 Å². The van der Waals surface area contributed by atoms with Crippen LogP contribution in [0, 0.1) is 0 Å². The zero-order valence-corrected chi connectivity index (χ0v) is 13.3. The lowest BCUT2D eigenvalue weighted by molar-refractivity contribution is 0.249. The summed E-state index contributed by atoms with van der Waals surface area (Å²) < 4.78 is 16.0. The summed E-state index contributed by atoms with van der Waals surface area (Å²) >= 11 is 6.13. The Morgan fingerprint density at radius 2 is 1.68 bits per heavy atom. The normalized spacial score (nSPS) is 15.0. The Balaban J connectivity index is 3.27. The number of benzene rings is 1. The zero-order chi connectivity index (χ0) is 14.8. The van der Waals surface area contributed by atoms with Crippen molar-refractivity contribution < 1.29 is 14.0 Å². The quantitative estimate of drug-likeness (QED) is 0.801. The predicted octanol–water partition coefficient (Wildman–Crippen LogP) is 4.16. The Labute approximate surface area is 119 Å². The maximum atomic E-state index is 11.1. The van der Waals surface area contributed by atoms with Crippen LogP contribution in [0.15, 0.2) is 12.1 Å². The van der Waals surface area contributed by atoms with Crippen molar-refractivity contribution in [3.63, 3.8) is 0 Å². The second-order valence-corrected chi connectivity index (χ2v) is 7.03. The van der Waals surface area contributed by atoms with Gasteiger partial charge in [0.2, 0.25) is 0 Å². The van der Waals surface area contributed by atoms with E-state index in [4.69, 9.17) is 26.5 Å². The summed E-state index contributed by atoms with van der Waals surface area (Å²) in [5.41, 5.74) is 7.96. The number of hydrogen-bond donors (Lipinski definition) is 2. The minimum Gasteiger partial charge on any atom is -0.313 e. The fourth-order valence-electron chi connectivity index (χ4n) is 2.03. The molecule has 0 saturated heterocycles. The Bertz CT molecular complexity index is 468. The third kappa shape index (κ3) is 4.90. The summed E-state index contributed by atoms with van der Waals surface area (Å²) in [5, 5.41) is 0.663. The van der Waals surface area contributed by atoms with Gasteiger partial charge in [0.05, 0.1) is 6.61 Å². The summed E-state index contributed by atoms with van der Waals surface area (Å²) in [6.45, 7) is 8.18. The minimum absolute atomic E-state index is 0.0163. The topological polar surface area (TPSA) is 72.5 Å². The predicted molar refractivity (Wildman–Crippen MR) is 78.4 cm³/mol. The van der Waals surface area contributed by atoms with Gasteiger partial charge in [-0.3, -0.25) is 4.52 Å². The molecule has 0 heterocycles. The molecule has 6 heteroatoms. The fraction of sp³-hybridized carbons (Fsp3) is 0.538. The van der Waals surface area contributed by atoms with E-state index in [0.29, 0.717) is 5.02 Å². The van der Waals surface area contributed by atoms with Crippen LogP contribution in [0.3, 0.4) is 0 Å². The van der Waals surface area contributed by atoms with Crippen LogP contribution < -0.4 is 5.50 Å². The Kier molecular flexibility index (Phi) is 5.60. The van der Waals surface area contributed by atoms with Gasteiger partial charge in [0, 0.05) is 5.02 Å². The highest BCUT2D eigenvalue weighted by Gasteiger charge is 2.19. The molecular formula is C13H21ClNO3P. The molecule has 0 bridgehead atoms. The van der Waals surface area contributed by atoms with Gasteiger partial charge < -0.3 is 4.89 Å². The maximum absolute atomic E-state index is 11.1. The lowest BCUT2D eigenvalue weighted by Crippen LogP contribution is -2.07. The second kappa shape index (κ2) is 6.38. The van der Waals surface area contributed by atoms with Gasteiger partial charge in [-0.05, 0) is 40.7 Å². The van der Waals surface area contributed by atoms with E-state index in [9.17, 15) is 4.57 Å². The first kappa shape index (κ1) is 16.7. The molecular weight excluding hydrogens is 285 g/mol. The number of rotatable bonds is 5. The molecule has 0 aliphatic heterocycles. The third-order valence-corrected chi connectivity index (χ3v) is 3.64. The Morgan fingerprint density at radius 1 is 1.26 bits per heavy atom. The Morgan fingerprint density at radius 3 is 2.00 bits per heavy atom. The van der Waals surface area contributed by atoms with E-state index in [0.717, 1.165) is 16.7 Å². The number of hydrogen-bond acceptors (Lipinski definition) is 2. The van der Waals surface area contributed by atoms with Gasteiger partial charge >= 0.3 is 7.75 Å². The summed E-state index contributed by atoms with van der Waals surface area (Å²) in [7, 11) is -3.98. The van der Waals surface area contributed by atoms with Crippen molar-refractivity contribution in [3.8, 4) is 0 Å². The van der Waals surface area contributed by atoms with E-state index in [2.05, 4.69) is 0 Å². The van der Waals surface area contributed by atoms with Crippen LogP contribution in [0.5, 0.6) is 0 Å². The average molecular weight is 306 g/mol. The monoisotopic (exact) mass is 305 g/mol. The molecule has 0 amide bonds. The van der Waals surface area contributed by atoms with Crippen LogP contribution in [0.4, 0.5) is 0 Å². The highest BCUT2D eigenvalue weighted by Crippen LogP contribution is 2.37. The van der Waals surface area contributed by atoms with Crippen molar-refractivity contribution >= 4 is 19.3 Å². The smallest absolute Gasteiger partial charge is 0.313 e. The standard InChI is InChI=1S/C13H21ClNO3P/c1-8(2)11-5-10(14)6-12(9(3)4)13(11)7-18-19(15,16)17/h5-6,8-9H,7H2,1-4H3,(H3,15,16,17). The molecule has 0 radical (unpaired) electrons. The van der Waals surface area contributed by atoms with Crippen LogP contribution in [0.2, 0.25) is 5.02 Å². The summed E-state index contributed by atoms with van der Waals surface area (Å²) in [4.78, 5) is 9.08. The van der Waals surface area contributed by atoms with Crippen LogP contribution in [-0.4, -0.2) is 4.89 Å². The summed E-state index contributed by atoms with van der Waals surface area (Å²) in [5.74, 6) is 0.483. The van der Waals surface area contributed by atoms with Crippen molar-refractivity contribution in [2.45, 2.75) is 46.1 Å². The first-order valence-electron chi connectivity index (χ1n) is 6.20. The lowest BCUT2D eigenvalue weighted by atomic mass is 9.89. The molecule has 1 unspecified atom stereocenters. The van der Waals surface area contributed by atoms with Crippen molar-refractivity contribution in [1.82, 2.24) is 0 Å². The van der Waals surface area contributed by atoms with E-state index in [-0.39, 0.29) is 18.4 Å². The van der Waals surface area contributed by atoms with Crippen molar-refractivity contribution in [2.75, 3.05) is 0 Å². The van der Waals surface area contributed by atoms with Crippen LogP contribution >= 0.6 is 19.3 Å². The first-order valence-corrected chi connectivity index (χ1v) is 8.22. The number of halogens is 1. The summed E-state index contributed by atoms with van der Waals surface area (Å²) in [6.07, 6.45) is 0. The van der Waals surface area contributed by atoms with Gasteiger partial charge in [-0.2, -0.15) is 0 Å². The van der Waals surface area contributed by atoms with Gasteiger partial charge in [-0.25, -0.2) is 10.1 Å². The summed E-state index contributed by atoms with van der Waals surface area (Å²) in [6, 6.07) is 3.74. The highest BCUT2D eigenvalue weighted by molar-refractivity contribution is 7.50. The van der Waals surface area contributed by atoms with Crippen LogP contribution in [0.1, 0.15) is 56.2 Å². The lowest BCUT2D eigenvalue weighted by Gasteiger charge is -2.20. The average Bonchev–Trinajstić information content (AvgIpc) is 2.24. The molecule has 108 valence electrons. The molecule has 0 aliphatic rings. The molecule has 1 aromatic rings. The largest absolute Gasteiger partial charge is 0.400 e. The molecule has 0 spiro atoms. The molecule has 0 fully saturated rings. The molecule has 1 atom stereocenters. The molecule has 0 aliphatic carbocycles. The highest BCUT2D eigenvalue weighted by atomic mass is 35.5. The van der Waals surface area contributed by atoms with E-state index in [1.54, 1.807) is 0 Å². The molecule has 1 rings (SSSR count). The third-order valence-electron chi connectivity index (χ3n) is 2.92. The molecule has 0 aromatic heterocycles. The number of nitrogens with two attached hydrogens (primary N) is 1. The van der Waals surface area contributed by atoms with Crippen LogP contribution in [-0.2, 0) is 15.7 Å². The molecule has 19 heavy (non-hydrogen) atoms. The first-order chi connectivity index (χ1) is 8.61. The fourth-order valence-corrected chi connectivity index (χ4v) is 2.58. The van der Waals surface area contributed by atoms with E-state index >= 15 is 0 Å². The van der Waals surface area contributed by atoms with Gasteiger partial charge in [0.15, 0.2) is 0 Å². The Hall–Kier alpha value is -0.380. The minimum atomic E-state index is -3.98. The molecule has 4 nitrogen and oxygen atoms in total. The maximum Gasteiger partial charge on any atom is 0.400 e. The van der Waals surface area contributed by atoms with E-state index in [1.807, 2.05) is 39.8 Å².